The van der Waals surface area contributed by atoms with Crippen molar-refractivity contribution in [3.8, 4) is 5.75 Å². The van der Waals surface area contributed by atoms with Gasteiger partial charge < -0.3 is 14.7 Å². The van der Waals surface area contributed by atoms with Crippen molar-refractivity contribution in [3.05, 3.63) is 28.8 Å². The van der Waals surface area contributed by atoms with E-state index < -0.39 is 0 Å². The fraction of sp³-hybridized carbons (Fsp3) is 0.462. The molecule has 0 bridgehead atoms. The van der Waals surface area contributed by atoms with Gasteiger partial charge in [0, 0.05) is 30.6 Å². The molecule has 1 aliphatic rings. The van der Waals surface area contributed by atoms with Gasteiger partial charge in [-0.05, 0) is 24.6 Å². The number of nitrogens with zero attached hydrogens (tertiary/aromatic N) is 1. The van der Waals surface area contributed by atoms with Crippen LogP contribution in [0, 0.1) is 5.92 Å². The van der Waals surface area contributed by atoms with E-state index in [9.17, 15) is 4.79 Å². The molecule has 1 unspecified atom stereocenters. The van der Waals surface area contributed by atoms with Crippen LogP contribution >= 0.6 is 11.6 Å². The molecule has 1 atom stereocenters. The summed E-state index contributed by atoms with van der Waals surface area (Å²) < 4.78 is 5.18. The van der Waals surface area contributed by atoms with E-state index in [1.54, 1.807) is 23.1 Å². The van der Waals surface area contributed by atoms with E-state index in [0.29, 0.717) is 29.4 Å². The van der Waals surface area contributed by atoms with Crippen molar-refractivity contribution in [2.24, 2.45) is 5.92 Å². The summed E-state index contributed by atoms with van der Waals surface area (Å²) in [5.41, 5.74) is 0.514. The summed E-state index contributed by atoms with van der Waals surface area (Å²) in [4.78, 5) is 14.1. The van der Waals surface area contributed by atoms with E-state index in [1.165, 1.54) is 7.11 Å². The number of carbonyl (C=O) groups excluding carboxylic acids is 1. The maximum absolute atomic E-state index is 12.3. The number of aliphatic hydroxyl groups is 1. The fourth-order valence-electron chi connectivity index (χ4n) is 2.18. The Morgan fingerprint density at radius 2 is 2.39 bits per heavy atom. The van der Waals surface area contributed by atoms with Crippen molar-refractivity contribution < 1.29 is 14.6 Å². The summed E-state index contributed by atoms with van der Waals surface area (Å²) in [5.74, 6) is 0.603. The third-order valence-corrected chi connectivity index (χ3v) is 3.46. The molecule has 0 radical (unpaired) electrons. The number of hydrogen-bond donors (Lipinski definition) is 1. The van der Waals surface area contributed by atoms with Gasteiger partial charge in [0.05, 0.1) is 12.7 Å². The zero-order chi connectivity index (χ0) is 13.1. The lowest BCUT2D eigenvalue weighted by Crippen LogP contribution is -2.29. The summed E-state index contributed by atoms with van der Waals surface area (Å²) in [6.45, 7) is 1.40. The molecule has 98 valence electrons. The molecule has 18 heavy (non-hydrogen) atoms. The molecule has 1 amide bonds. The highest BCUT2D eigenvalue weighted by molar-refractivity contribution is 6.30. The van der Waals surface area contributed by atoms with Crippen LogP contribution in [0.1, 0.15) is 16.8 Å². The van der Waals surface area contributed by atoms with Crippen LogP contribution in [0.4, 0.5) is 0 Å². The van der Waals surface area contributed by atoms with Gasteiger partial charge in [-0.15, -0.1) is 0 Å². The lowest BCUT2D eigenvalue weighted by molar-refractivity contribution is 0.0778. The molecule has 1 aliphatic heterocycles. The smallest absolute Gasteiger partial charge is 0.257 e. The van der Waals surface area contributed by atoms with E-state index in [2.05, 4.69) is 0 Å². The minimum atomic E-state index is -0.0699. The van der Waals surface area contributed by atoms with E-state index >= 15 is 0 Å². The second-order valence-corrected chi connectivity index (χ2v) is 4.87. The predicted molar refractivity (Wildman–Crippen MR) is 69.1 cm³/mol. The van der Waals surface area contributed by atoms with Gasteiger partial charge in [-0.3, -0.25) is 4.79 Å². The van der Waals surface area contributed by atoms with Crippen LogP contribution in [0.15, 0.2) is 18.2 Å². The number of halogens is 1. The highest BCUT2D eigenvalue weighted by Gasteiger charge is 2.27. The SMILES string of the molecule is COc1cc(Cl)ccc1C(=O)N1CCC(CO)C1. The first kappa shape index (κ1) is 13.2. The van der Waals surface area contributed by atoms with Gasteiger partial charge in [-0.2, -0.15) is 0 Å². The van der Waals surface area contributed by atoms with Crippen molar-refractivity contribution in [1.29, 1.82) is 0 Å². The van der Waals surface area contributed by atoms with E-state index in [-0.39, 0.29) is 18.4 Å². The third kappa shape index (κ3) is 2.60. The van der Waals surface area contributed by atoms with Gasteiger partial charge in [0.25, 0.3) is 5.91 Å². The Kier molecular flexibility index (Phi) is 4.09. The average Bonchev–Trinajstić information content (AvgIpc) is 2.86. The zero-order valence-electron chi connectivity index (χ0n) is 10.2. The van der Waals surface area contributed by atoms with Crippen LogP contribution in [0.5, 0.6) is 5.75 Å². The number of carbonyl (C=O) groups is 1. The number of hydrogen-bond acceptors (Lipinski definition) is 3. The van der Waals surface area contributed by atoms with Crippen LogP contribution in [-0.4, -0.2) is 42.7 Å². The number of amides is 1. The zero-order valence-corrected chi connectivity index (χ0v) is 11.0. The van der Waals surface area contributed by atoms with Gasteiger partial charge in [0.2, 0.25) is 0 Å². The van der Waals surface area contributed by atoms with Gasteiger partial charge in [-0.25, -0.2) is 0 Å². The van der Waals surface area contributed by atoms with Crippen molar-refractivity contribution in [2.75, 3.05) is 26.8 Å². The van der Waals surface area contributed by atoms with E-state index in [4.69, 9.17) is 21.4 Å². The number of ether oxygens (including phenoxy) is 1. The molecule has 0 saturated carbocycles. The molecule has 1 aromatic carbocycles. The molecule has 1 heterocycles. The lowest BCUT2D eigenvalue weighted by Gasteiger charge is -2.18. The Balaban J connectivity index is 2.19. The first-order valence-corrected chi connectivity index (χ1v) is 6.27. The normalized spacial score (nSPS) is 19.1. The number of likely N-dealkylation sites (tertiary alicyclic amines) is 1. The second-order valence-electron chi connectivity index (χ2n) is 4.43. The summed E-state index contributed by atoms with van der Waals surface area (Å²) in [5, 5.41) is 9.63. The highest BCUT2D eigenvalue weighted by Crippen LogP contribution is 2.26. The van der Waals surface area contributed by atoms with Crippen molar-refractivity contribution in [2.45, 2.75) is 6.42 Å². The van der Waals surface area contributed by atoms with Crippen LogP contribution in [-0.2, 0) is 0 Å². The van der Waals surface area contributed by atoms with Crippen molar-refractivity contribution in [3.63, 3.8) is 0 Å². The van der Waals surface area contributed by atoms with E-state index in [1.807, 2.05) is 0 Å². The van der Waals surface area contributed by atoms with E-state index in [0.717, 1.165) is 6.42 Å². The molecule has 2 rings (SSSR count). The number of rotatable bonds is 3. The maximum Gasteiger partial charge on any atom is 0.257 e. The van der Waals surface area contributed by atoms with Crippen molar-refractivity contribution >= 4 is 17.5 Å². The standard InChI is InChI=1S/C13H16ClNO3/c1-18-12-6-10(14)2-3-11(12)13(17)15-5-4-9(7-15)8-16/h2-3,6,9,16H,4-5,7-8H2,1H3. The summed E-state index contributed by atoms with van der Waals surface area (Å²) in [7, 11) is 1.52. The Morgan fingerprint density at radius 3 is 3.00 bits per heavy atom. The Morgan fingerprint density at radius 1 is 1.61 bits per heavy atom. The predicted octanol–water partition coefficient (Wildman–Crippen LogP) is 1.80. The van der Waals surface area contributed by atoms with Gasteiger partial charge in [0.1, 0.15) is 5.75 Å². The fourth-order valence-corrected chi connectivity index (χ4v) is 2.34. The summed E-state index contributed by atoms with van der Waals surface area (Å²) in [6.07, 6.45) is 0.845. The molecule has 1 fully saturated rings. The highest BCUT2D eigenvalue weighted by atomic mass is 35.5. The minimum absolute atomic E-state index is 0.0699. The molecule has 0 aliphatic carbocycles. The number of benzene rings is 1. The monoisotopic (exact) mass is 269 g/mol. The molecular weight excluding hydrogens is 254 g/mol. The Labute approximate surface area is 111 Å². The molecule has 1 N–H and O–H groups in total. The number of aliphatic hydroxyl groups excluding tert-OH is 1. The van der Waals surface area contributed by atoms with Crippen LogP contribution in [0.25, 0.3) is 0 Å². The van der Waals surface area contributed by atoms with Gasteiger partial charge >= 0.3 is 0 Å². The van der Waals surface area contributed by atoms with Crippen LogP contribution < -0.4 is 4.74 Å². The lowest BCUT2D eigenvalue weighted by atomic mass is 10.1. The average molecular weight is 270 g/mol. The molecule has 0 aromatic heterocycles. The number of methoxy groups -OCH3 is 1. The van der Waals surface area contributed by atoms with Crippen molar-refractivity contribution in [1.82, 2.24) is 4.90 Å². The topological polar surface area (TPSA) is 49.8 Å². The van der Waals surface area contributed by atoms with Gasteiger partial charge in [-0.1, -0.05) is 11.6 Å². The first-order chi connectivity index (χ1) is 8.65. The third-order valence-electron chi connectivity index (χ3n) is 3.23. The second kappa shape index (κ2) is 5.59. The molecular formula is C13H16ClNO3. The minimum Gasteiger partial charge on any atom is -0.496 e. The molecule has 0 spiro atoms. The van der Waals surface area contributed by atoms with Gasteiger partial charge in [0.15, 0.2) is 0 Å². The first-order valence-electron chi connectivity index (χ1n) is 5.89. The quantitative estimate of drug-likeness (QED) is 0.910. The summed E-state index contributed by atoms with van der Waals surface area (Å²) in [6, 6.07) is 4.99. The molecule has 1 saturated heterocycles. The summed E-state index contributed by atoms with van der Waals surface area (Å²) >= 11 is 5.87. The Hall–Kier alpha value is -1.26. The largest absolute Gasteiger partial charge is 0.496 e. The Bertz CT molecular complexity index is 450. The molecule has 5 heteroatoms. The molecule has 1 aromatic rings. The maximum atomic E-state index is 12.3. The van der Waals surface area contributed by atoms with Crippen LogP contribution in [0.3, 0.4) is 0 Å². The van der Waals surface area contributed by atoms with Crippen LogP contribution in [0.2, 0.25) is 5.02 Å². The molecule has 4 nitrogen and oxygen atoms in total.